The van der Waals surface area contributed by atoms with Crippen molar-refractivity contribution in [2.75, 3.05) is 18.0 Å². The van der Waals surface area contributed by atoms with Crippen LogP contribution in [0.3, 0.4) is 0 Å². The molecule has 2 heterocycles. The Balaban J connectivity index is 1.61. The first-order valence-corrected chi connectivity index (χ1v) is 9.45. The first-order chi connectivity index (χ1) is 11.5. The first kappa shape index (κ1) is 17.0. The maximum atomic E-state index is 12.8. The molecule has 0 atom stereocenters. The Morgan fingerprint density at radius 2 is 1.75 bits per heavy atom. The lowest BCUT2D eigenvalue weighted by Gasteiger charge is -2.33. The molecule has 0 spiro atoms. The normalized spacial score (nSPS) is 15.4. The SMILES string of the molecule is CC(C)=Cc1ccc(C(=O)C2CCN(c3ccc(C)cc3)CC2)s1. The van der Waals surface area contributed by atoms with Crippen molar-refractivity contribution in [3.05, 3.63) is 57.3 Å². The molecule has 3 rings (SSSR count). The average molecular weight is 340 g/mol. The van der Waals surface area contributed by atoms with Crippen molar-refractivity contribution >= 4 is 28.9 Å². The second-order valence-corrected chi connectivity index (χ2v) is 8.00. The molecule has 1 aliphatic heterocycles. The molecule has 2 aromatic rings. The number of carbonyl (C=O) groups excluding carboxylic acids is 1. The zero-order chi connectivity index (χ0) is 17.1. The van der Waals surface area contributed by atoms with Gasteiger partial charge in [0.15, 0.2) is 5.78 Å². The van der Waals surface area contributed by atoms with Crippen molar-refractivity contribution in [3.8, 4) is 0 Å². The third-order valence-corrected chi connectivity index (χ3v) is 5.61. The predicted octanol–water partition coefficient (Wildman–Crippen LogP) is 5.58. The number of piperidine rings is 1. The van der Waals surface area contributed by atoms with Gasteiger partial charge in [-0.15, -0.1) is 11.3 Å². The molecule has 0 saturated carbocycles. The zero-order valence-corrected chi connectivity index (χ0v) is 15.5. The zero-order valence-electron chi connectivity index (χ0n) is 14.7. The lowest BCUT2D eigenvalue weighted by Crippen LogP contribution is -2.36. The first-order valence-electron chi connectivity index (χ1n) is 8.63. The summed E-state index contributed by atoms with van der Waals surface area (Å²) >= 11 is 1.62. The molecular formula is C21H25NOS. The Bertz CT molecular complexity index is 729. The van der Waals surface area contributed by atoms with Crippen LogP contribution in [0.2, 0.25) is 0 Å². The van der Waals surface area contributed by atoms with Crippen LogP contribution in [0.5, 0.6) is 0 Å². The van der Waals surface area contributed by atoms with E-state index in [2.05, 4.69) is 62.1 Å². The molecule has 1 aromatic carbocycles. The molecule has 2 nitrogen and oxygen atoms in total. The van der Waals surface area contributed by atoms with Crippen LogP contribution in [-0.2, 0) is 0 Å². The largest absolute Gasteiger partial charge is 0.371 e. The summed E-state index contributed by atoms with van der Waals surface area (Å²) in [5.41, 5.74) is 3.82. The van der Waals surface area contributed by atoms with Gasteiger partial charge in [0.25, 0.3) is 0 Å². The molecule has 1 aliphatic rings. The summed E-state index contributed by atoms with van der Waals surface area (Å²) in [5.74, 6) is 0.502. The Kier molecular flexibility index (Phi) is 5.20. The van der Waals surface area contributed by atoms with Crippen LogP contribution in [0.15, 0.2) is 42.0 Å². The summed E-state index contributed by atoms with van der Waals surface area (Å²) in [6.07, 6.45) is 4.03. The van der Waals surface area contributed by atoms with Gasteiger partial charge in [0.1, 0.15) is 0 Å². The van der Waals surface area contributed by atoms with Crippen LogP contribution < -0.4 is 4.90 Å². The number of hydrogen-bond donors (Lipinski definition) is 0. The maximum absolute atomic E-state index is 12.8. The predicted molar refractivity (Wildman–Crippen MR) is 104 cm³/mol. The number of allylic oxidation sites excluding steroid dienone is 1. The molecule has 0 radical (unpaired) electrons. The van der Waals surface area contributed by atoms with Crippen LogP contribution in [0.4, 0.5) is 5.69 Å². The molecule has 24 heavy (non-hydrogen) atoms. The summed E-state index contributed by atoms with van der Waals surface area (Å²) in [4.78, 5) is 17.2. The van der Waals surface area contributed by atoms with Gasteiger partial charge in [-0.2, -0.15) is 0 Å². The smallest absolute Gasteiger partial charge is 0.176 e. The minimum absolute atomic E-state index is 0.171. The quantitative estimate of drug-likeness (QED) is 0.678. The molecule has 0 N–H and O–H groups in total. The fraction of sp³-hybridized carbons (Fsp3) is 0.381. The molecule has 0 unspecified atom stereocenters. The van der Waals surface area contributed by atoms with E-state index in [1.54, 1.807) is 11.3 Å². The molecule has 126 valence electrons. The van der Waals surface area contributed by atoms with Gasteiger partial charge < -0.3 is 4.90 Å². The number of hydrogen-bond acceptors (Lipinski definition) is 3. The standard InChI is InChI=1S/C21H25NOS/c1-15(2)14-19-8-9-20(24-19)21(23)17-10-12-22(13-11-17)18-6-4-16(3)5-7-18/h4-9,14,17H,10-13H2,1-3H3. The van der Waals surface area contributed by atoms with E-state index in [1.165, 1.54) is 21.7 Å². The van der Waals surface area contributed by atoms with E-state index < -0.39 is 0 Å². The van der Waals surface area contributed by atoms with Crippen LogP contribution in [0, 0.1) is 12.8 Å². The van der Waals surface area contributed by atoms with Crippen molar-refractivity contribution in [2.24, 2.45) is 5.92 Å². The van der Waals surface area contributed by atoms with E-state index in [-0.39, 0.29) is 5.92 Å². The van der Waals surface area contributed by atoms with Crippen molar-refractivity contribution in [1.82, 2.24) is 0 Å². The summed E-state index contributed by atoms with van der Waals surface area (Å²) in [6.45, 7) is 8.21. The molecule has 3 heteroatoms. The Morgan fingerprint density at radius 3 is 2.38 bits per heavy atom. The van der Waals surface area contributed by atoms with Crippen LogP contribution in [-0.4, -0.2) is 18.9 Å². The highest BCUT2D eigenvalue weighted by Crippen LogP contribution is 2.29. The van der Waals surface area contributed by atoms with Crippen LogP contribution >= 0.6 is 11.3 Å². The van der Waals surface area contributed by atoms with Crippen molar-refractivity contribution in [3.63, 3.8) is 0 Å². The lowest BCUT2D eigenvalue weighted by molar-refractivity contribution is 0.0905. The van der Waals surface area contributed by atoms with Crippen LogP contribution in [0.25, 0.3) is 6.08 Å². The second kappa shape index (κ2) is 7.35. The number of anilines is 1. The summed E-state index contributed by atoms with van der Waals surface area (Å²) in [5, 5.41) is 0. The minimum atomic E-state index is 0.171. The van der Waals surface area contributed by atoms with Gasteiger partial charge in [-0.1, -0.05) is 23.3 Å². The Hall–Kier alpha value is -1.87. The van der Waals surface area contributed by atoms with Crippen molar-refractivity contribution in [1.29, 1.82) is 0 Å². The Labute approximate surface area is 148 Å². The fourth-order valence-corrected chi connectivity index (χ4v) is 4.29. The highest BCUT2D eigenvalue weighted by molar-refractivity contribution is 7.14. The van der Waals surface area contributed by atoms with Gasteiger partial charge in [-0.05, 0) is 64.0 Å². The van der Waals surface area contributed by atoms with E-state index in [4.69, 9.17) is 0 Å². The number of rotatable bonds is 4. The van der Waals surface area contributed by atoms with Gasteiger partial charge in [0.2, 0.25) is 0 Å². The lowest BCUT2D eigenvalue weighted by atomic mass is 9.91. The van der Waals surface area contributed by atoms with Crippen LogP contribution in [0.1, 0.15) is 46.8 Å². The number of thiophene rings is 1. The maximum Gasteiger partial charge on any atom is 0.176 e. The van der Waals surface area contributed by atoms with E-state index in [0.717, 1.165) is 30.8 Å². The molecule has 0 bridgehead atoms. The summed E-state index contributed by atoms with van der Waals surface area (Å²) in [7, 11) is 0. The highest BCUT2D eigenvalue weighted by Gasteiger charge is 2.26. The number of aryl methyl sites for hydroxylation is 1. The van der Waals surface area contributed by atoms with E-state index >= 15 is 0 Å². The third-order valence-electron chi connectivity index (χ3n) is 4.57. The summed E-state index contributed by atoms with van der Waals surface area (Å²) in [6, 6.07) is 12.7. The number of benzene rings is 1. The van der Waals surface area contributed by atoms with Crippen molar-refractivity contribution in [2.45, 2.75) is 33.6 Å². The average Bonchev–Trinajstić information content (AvgIpc) is 3.03. The molecule has 1 aromatic heterocycles. The van der Waals surface area contributed by atoms with Gasteiger partial charge in [-0.3, -0.25) is 4.79 Å². The molecule has 1 fully saturated rings. The van der Waals surface area contributed by atoms with E-state index in [9.17, 15) is 4.79 Å². The van der Waals surface area contributed by atoms with Gasteiger partial charge in [0, 0.05) is 29.6 Å². The third kappa shape index (κ3) is 3.96. The minimum Gasteiger partial charge on any atom is -0.371 e. The summed E-state index contributed by atoms with van der Waals surface area (Å²) < 4.78 is 0. The number of nitrogens with zero attached hydrogens (tertiary/aromatic N) is 1. The topological polar surface area (TPSA) is 20.3 Å². The van der Waals surface area contributed by atoms with Gasteiger partial charge in [0.05, 0.1) is 4.88 Å². The Morgan fingerprint density at radius 1 is 1.08 bits per heavy atom. The monoisotopic (exact) mass is 339 g/mol. The van der Waals surface area contributed by atoms with Gasteiger partial charge >= 0.3 is 0 Å². The second-order valence-electron chi connectivity index (χ2n) is 6.88. The van der Waals surface area contributed by atoms with E-state index in [1.807, 2.05) is 6.07 Å². The molecule has 0 amide bonds. The van der Waals surface area contributed by atoms with E-state index in [0.29, 0.717) is 5.78 Å². The molecule has 0 aliphatic carbocycles. The fourth-order valence-electron chi connectivity index (χ4n) is 3.20. The highest BCUT2D eigenvalue weighted by atomic mass is 32.1. The number of ketones is 1. The molecule has 1 saturated heterocycles. The number of carbonyl (C=O) groups is 1. The molecular weight excluding hydrogens is 314 g/mol. The van der Waals surface area contributed by atoms with Gasteiger partial charge in [-0.25, -0.2) is 0 Å². The van der Waals surface area contributed by atoms with Crippen molar-refractivity contribution < 1.29 is 4.79 Å². The number of Topliss-reactive ketones (excluding diaryl/α,β-unsaturated/α-hetero) is 1.